The van der Waals surface area contributed by atoms with E-state index in [2.05, 4.69) is 26.8 Å². The molecule has 0 bridgehead atoms. The second-order valence-corrected chi connectivity index (χ2v) is 2.97. The molecule has 1 aromatic heterocycles. The Morgan fingerprint density at radius 1 is 1.60 bits per heavy atom. The van der Waals surface area contributed by atoms with Gasteiger partial charge in [0.25, 0.3) is 0 Å². The van der Waals surface area contributed by atoms with Gasteiger partial charge in [0.1, 0.15) is 6.54 Å². The van der Waals surface area contributed by atoms with Crippen LogP contribution in [0.15, 0.2) is 6.20 Å². The molecule has 0 atom stereocenters. The zero-order valence-electron chi connectivity index (χ0n) is 8.26. The summed E-state index contributed by atoms with van der Waals surface area (Å²) in [5.74, 6) is -1.16. The Morgan fingerprint density at radius 2 is 2.27 bits per heavy atom. The first-order valence-electron chi connectivity index (χ1n) is 4.04. The third-order valence-electron chi connectivity index (χ3n) is 1.69. The number of nitrogens with zero attached hydrogens (tertiary/aromatic N) is 2. The molecular weight excluding hydrogens is 220 g/mol. The Balaban J connectivity index is 2.96. The third-order valence-corrected chi connectivity index (χ3v) is 1.86. The molecule has 0 fully saturated rings. The number of carbonyl (C=O) groups is 2. The minimum atomic E-state index is -0.713. The maximum atomic E-state index is 11.2. The number of thiol groups is 1. The second kappa shape index (κ2) is 4.83. The fourth-order valence-corrected chi connectivity index (χ4v) is 1.16. The third kappa shape index (κ3) is 2.72. The summed E-state index contributed by atoms with van der Waals surface area (Å²) in [5, 5.41) is 0. The minimum Gasteiger partial charge on any atom is -0.468 e. The second-order valence-electron chi connectivity index (χ2n) is 2.79. The molecule has 0 saturated carbocycles. The van der Waals surface area contributed by atoms with E-state index in [4.69, 9.17) is 0 Å². The van der Waals surface area contributed by atoms with Crippen molar-refractivity contribution in [1.82, 2.24) is 9.55 Å². The van der Waals surface area contributed by atoms with E-state index >= 15 is 0 Å². The summed E-state index contributed by atoms with van der Waals surface area (Å²) in [5.41, 5.74) is 0.604. The summed E-state index contributed by atoms with van der Waals surface area (Å²) in [6.07, 6.45) is 1.55. The lowest BCUT2D eigenvalue weighted by molar-refractivity contribution is -0.141. The highest BCUT2D eigenvalue weighted by Gasteiger charge is 2.17. The van der Waals surface area contributed by atoms with Crippen molar-refractivity contribution in [3.8, 4) is 0 Å². The van der Waals surface area contributed by atoms with Gasteiger partial charge in [-0.3, -0.25) is 4.79 Å². The summed E-state index contributed by atoms with van der Waals surface area (Å²) in [6.45, 7) is 1.61. The van der Waals surface area contributed by atoms with Crippen molar-refractivity contribution in [3.05, 3.63) is 17.7 Å². The topological polar surface area (TPSA) is 70.4 Å². The number of hydrogen-bond acceptors (Lipinski definition) is 6. The molecule has 7 heteroatoms. The van der Waals surface area contributed by atoms with E-state index in [1.54, 1.807) is 13.1 Å². The van der Waals surface area contributed by atoms with Gasteiger partial charge >= 0.3 is 11.9 Å². The number of esters is 1. The molecule has 0 aliphatic carbocycles. The highest BCUT2D eigenvalue weighted by atomic mass is 32.1. The molecular formula is C8H10N2O4S. The van der Waals surface area contributed by atoms with Crippen LogP contribution in [-0.4, -0.2) is 28.6 Å². The molecule has 0 saturated heterocycles. The average molecular weight is 230 g/mol. The van der Waals surface area contributed by atoms with E-state index < -0.39 is 11.9 Å². The lowest BCUT2D eigenvalue weighted by atomic mass is 10.5. The van der Waals surface area contributed by atoms with Crippen molar-refractivity contribution in [1.29, 1.82) is 0 Å². The van der Waals surface area contributed by atoms with Gasteiger partial charge in [0, 0.05) is 19.1 Å². The maximum absolute atomic E-state index is 11.2. The largest absolute Gasteiger partial charge is 0.468 e. The predicted molar refractivity (Wildman–Crippen MR) is 53.4 cm³/mol. The van der Waals surface area contributed by atoms with E-state index in [1.165, 1.54) is 11.7 Å². The number of aromatic nitrogens is 2. The van der Waals surface area contributed by atoms with Crippen LogP contribution >= 0.6 is 12.9 Å². The number of rotatable bonds is 3. The predicted octanol–water partition coefficient (Wildman–Crippen LogP) is 0.366. The van der Waals surface area contributed by atoms with Crippen LogP contribution < -0.4 is 0 Å². The van der Waals surface area contributed by atoms with E-state index in [0.717, 1.165) is 0 Å². The molecule has 0 unspecified atom stereocenters. The van der Waals surface area contributed by atoms with Crippen molar-refractivity contribution in [2.75, 3.05) is 7.11 Å². The zero-order chi connectivity index (χ0) is 11.4. The Bertz CT molecular complexity index is 388. The number of methoxy groups -OCH3 is 1. The minimum absolute atomic E-state index is 0.0212. The van der Waals surface area contributed by atoms with Crippen LogP contribution in [0.3, 0.4) is 0 Å². The molecule has 1 rings (SSSR count). The molecule has 1 aromatic rings. The normalized spacial score (nSPS) is 9.80. The van der Waals surface area contributed by atoms with Crippen molar-refractivity contribution >= 4 is 24.8 Å². The molecule has 0 spiro atoms. The molecule has 82 valence electrons. The van der Waals surface area contributed by atoms with Gasteiger partial charge < -0.3 is 13.5 Å². The fraction of sp³-hybridized carbons (Fsp3) is 0.375. The molecule has 15 heavy (non-hydrogen) atoms. The lowest BCUT2D eigenvalue weighted by Gasteiger charge is -2.03. The Labute approximate surface area is 91.8 Å². The Kier molecular flexibility index (Phi) is 3.73. The van der Waals surface area contributed by atoms with Gasteiger partial charge in [-0.2, -0.15) is 0 Å². The van der Waals surface area contributed by atoms with Gasteiger partial charge in [0.05, 0.1) is 12.8 Å². The van der Waals surface area contributed by atoms with Gasteiger partial charge in [0.2, 0.25) is 5.82 Å². The van der Waals surface area contributed by atoms with E-state index in [-0.39, 0.29) is 12.4 Å². The first kappa shape index (κ1) is 11.6. The van der Waals surface area contributed by atoms with Crippen LogP contribution in [0.1, 0.15) is 16.3 Å². The quantitative estimate of drug-likeness (QED) is 0.461. The Morgan fingerprint density at radius 3 is 2.80 bits per heavy atom. The first-order chi connectivity index (χ1) is 7.08. The summed E-state index contributed by atoms with van der Waals surface area (Å²) in [7, 11) is 1.27. The van der Waals surface area contributed by atoms with Crippen molar-refractivity contribution in [2.45, 2.75) is 13.5 Å². The molecule has 0 amide bonds. The summed E-state index contributed by atoms with van der Waals surface area (Å²) >= 11 is 3.38. The van der Waals surface area contributed by atoms with Gasteiger partial charge in [-0.05, 0) is 6.92 Å². The van der Waals surface area contributed by atoms with Gasteiger partial charge in [0.15, 0.2) is 0 Å². The van der Waals surface area contributed by atoms with Crippen molar-refractivity contribution in [2.24, 2.45) is 0 Å². The van der Waals surface area contributed by atoms with Crippen molar-refractivity contribution < 1.29 is 18.5 Å². The number of imidazole rings is 1. The fourth-order valence-electron chi connectivity index (χ4n) is 1.07. The lowest BCUT2D eigenvalue weighted by Crippen LogP contribution is -2.16. The molecule has 0 aliphatic heterocycles. The highest BCUT2D eigenvalue weighted by Crippen LogP contribution is 2.05. The van der Waals surface area contributed by atoms with Crippen LogP contribution in [0.25, 0.3) is 0 Å². The monoisotopic (exact) mass is 230 g/mol. The first-order valence-corrected chi connectivity index (χ1v) is 4.41. The SMILES string of the molecule is COC(=O)Cn1cc(C)nc1C(=O)OS. The Hall–Kier alpha value is -1.50. The van der Waals surface area contributed by atoms with E-state index in [0.29, 0.717) is 5.69 Å². The number of ether oxygens (including phenoxy) is 1. The van der Waals surface area contributed by atoms with Crippen LogP contribution in [0.4, 0.5) is 0 Å². The standard InChI is InChI=1S/C8H10N2O4S/c1-5-3-10(4-6(11)13-2)7(9-5)8(12)14-15/h3,15H,4H2,1-2H3. The number of aryl methyl sites for hydroxylation is 1. The van der Waals surface area contributed by atoms with Gasteiger partial charge in [-0.25, -0.2) is 9.78 Å². The molecule has 6 nitrogen and oxygen atoms in total. The van der Waals surface area contributed by atoms with Crippen LogP contribution in [-0.2, 0) is 20.3 Å². The maximum Gasteiger partial charge on any atom is 0.386 e. The molecule has 0 aliphatic rings. The van der Waals surface area contributed by atoms with Gasteiger partial charge in [-0.15, -0.1) is 0 Å². The van der Waals surface area contributed by atoms with Crippen LogP contribution in [0.5, 0.6) is 0 Å². The van der Waals surface area contributed by atoms with E-state index in [9.17, 15) is 9.59 Å². The molecule has 1 heterocycles. The summed E-state index contributed by atoms with van der Waals surface area (Å²) < 4.78 is 10.0. The molecule has 0 aromatic carbocycles. The molecule has 0 radical (unpaired) electrons. The smallest absolute Gasteiger partial charge is 0.386 e. The number of carbonyl (C=O) groups excluding carboxylic acids is 2. The van der Waals surface area contributed by atoms with E-state index in [1.807, 2.05) is 0 Å². The van der Waals surface area contributed by atoms with Crippen LogP contribution in [0, 0.1) is 6.92 Å². The number of hydrogen-bond donors (Lipinski definition) is 1. The zero-order valence-corrected chi connectivity index (χ0v) is 9.15. The summed E-state index contributed by atoms with van der Waals surface area (Å²) in [6, 6.07) is 0. The highest BCUT2D eigenvalue weighted by molar-refractivity contribution is 7.75. The summed E-state index contributed by atoms with van der Waals surface area (Å²) in [4.78, 5) is 26.1. The van der Waals surface area contributed by atoms with Gasteiger partial charge in [-0.1, -0.05) is 0 Å². The average Bonchev–Trinajstić information content (AvgIpc) is 2.58. The molecule has 0 N–H and O–H groups in total. The van der Waals surface area contributed by atoms with Crippen LogP contribution in [0.2, 0.25) is 0 Å². The van der Waals surface area contributed by atoms with Crippen molar-refractivity contribution in [3.63, 3.8) is 0 Å².